The fourth-order valence-electron chi connectivity index (χ4n) is 3.86. The molecule has 1 aromatic rings. The van der Waals surface area contributed by atoms with E-state index in [2.05, 4.69) is 4.90 Å². The summed E-state index contributed by atoms with van der Waals surface area (Å²) in [4.78, 5) is 16.7. The molecule has 2 aliphatic rings. The summed E-state index contributed by atoms with van der Waals surface area (Å²) in [6.45, 7) is 3.44. The van der Waals surface area contributed by atoms with Gasteiger partial charge in [0, 0.05) is 50.1 Å². The Labute approximate surface area is 156 Å². The number of carbonyl (C=O) groups is 1. The van der Waals surface area contributed by atoms with Gasteiger partial charge in [0.05, 0.1) is 5.56 Å². The molecule has 3 nitrogen and oxygen atoms in total. The van der Waals surface area contributed by atoms with Crippen molar-refractivity contribution < 1.29 is 22.4 Å². The molecule has 1 saturated carbocycles. The molecule has 0 atom stereocenters. The molecule has 0 aromatic heterocycles. The fraction of sp³-hybridized carbons (Fsp3) is 0.550. The number of ketones is 1. The van der Waals surface area contributed by atoms with Crippen LogP contribution in [0.25, 0.3) is 0 Å². The highest BCUT2D eigenvalue weighted by Crippen LogP contribution is 2.32. The largest absolute Gasteiger partial charge is 0.419 e. The second kappa shape index (κ2) is 8.42. The molecule has 0 radical (unpaired) electrons. The molecule has 3 rings (SSSR count). The van der Waals surface area contributed by atoms with Crippen molar-refractivity contribution >= 4 is 5.78 Å². The summed E-state index contributed by atoms with van der Waals surface area (Å²) in [7, 11) is 0. The van der Waals surface area contributed by atoms with Crippen LogP contribution in [-0.4, -0.2) is 47.8 Å². The maximum atomic E-state index is 13.3. The zero-order chi connectivity index (χ0) is 19.4. The Morgan fingerprint density at radius 1 is 1.04 bits per heavy atom. The Morgan fingerprint density at radius 3 is 2.33 bits per heavy atom. The van der Waals surface area contributed by atoms with E-state index in [0.29, 0.717) is 18.2 Å². The van der Waals surface area contributed by atoms with Crippen LogP contribution in [0.5, 0.6) is 0 Å². The van der Waals surface area contributed by atoms with Gasteiger partial charge in [-0.2, -0.15) is 13.2 Å². The lowest BCUT2D eigenvalue weighted by Crippen LogP contribution is -2.49. The molecule has 148 valence electrons. The Bertz CT molecular complexity index is 688. The van der Waals surface area contributed by atoms with Crippen LogP contribution in [0, 0.1) is 5.82 Å². The molecule has 1 heterocycles. The lowest BCUT2D eigenvalue weighted by Gasteiger charge is -2.40. The number of hydrogen-bond donors (Lipinski definition) is 0. The van der Waals surface area contributed by atoms with E-state index in [0.717, 1.165) is 32.2 Å². The summed E-state index contributed by atoms with van der Waals surface area (Å²) in [5.74, 6) is -1.93. The fourth-order valence-corrected chi connectivity index (χ4v) is 3.86. The Morgan fingerprint density at radius 2 is 1.70 bits per heavy atom. The van der Waals surface area contributed by atoms with Gasteiger partial charge in [0.15, 0.2) is 5.78 Å². The molecule has 1 aliphatic carbocycles. The molecule has 0 unspecified atom stereocenters. The molecule has 0 bridgehead atoms. The van der Waals surface area contributed by atoms with Crippen molar-refractivity contribution in [2.45, 2.75) is 44.3 Å². The monoisotopic (exact) mass is 384 g/mol. The van der Waals surface area contributed by atoms with Crippen molar-refractivity contribution in [2.24, 2.45) is 0 Å². The van der Waals surface area contributed by atoms with Gasteiger partial charge in [0.1, 0.15) is 5.82 Å². The van der Waals surface area contributed by atoms with Crippen LogP contribution in [0.3, 0.4) is 0 Å². The lowest BCUT2D eigenvalue weighted by atomic mass is 9.94. The Balaban J connectivity index is 1.56. The molecule has 0 spiro atoms. The number of nitrogens with zero attached hydrogens (tertiary/aromatic N) is 2. The summed E-state index contributed by atoms with van der Waals surface area (Å²) in [5, 5.41) is 0. The normalized spacial score (nSPS) is 20.4. The van der Waals surface area contributed by atoms with Gasteiger partial charge in [-0.1, -0.05) is 19.3 Å². The molecule has 7 heteroatoms. The second-order valence-corrected chi connectivity index (χ2v) is 7.24. The van der Waals surface area contributed by atoms with Gasteiger partial charge < -0.3 is 4.90 Å². The first-order valence-electron chi connectivity index (χ1n) is 9.42. The number of carbonyl (C=O) groups excluding carboxylic acids is 1. The maximum Gasteiger partial charge on any atom is 0.419 e. The molecule has 2 fully saturated rings. The quantitative estimate of drug-likeness (QED) is 0.434. The minimum absolute atomic E-state index is 0.166. The standard InChI is InChI=1S/C20H24F4N2O/c21-18-7-6-15(14-17(18)20(22,23)24)19(27)8-9-25-10-12-26(13-11-25)16-4-2-1-3-5-16/h6-9,14,16H,1-5,10-13H2. The number of benzene rings is 1. The number of rotatable bonds is 4. The van der Waals surface area contributed by atoms with Gasteiger partial charge in [-0.3, -0.25) is 9.69 Å². The molecular formula is C20H24F4N2O. The van der Waals surface area contributed by atoms with Crippen molar-refractivity contribution in [1.82, 2.24) is 9.80 Å². The van der Waals surface area contributed by atoms with Crippen LogP contribution < -0.4 is 0 Å². The molecule has 1 saturated heterocycles. The molecular weight excluding hydrogens is 360 g/mol. The minimum atomic E-state index is -4.82. The molecule has 27 heavy (non-hydrogen) atoms. The number of halogens is 4. The summed E-state index contributed by atoms with van der Waals surface area (Å²) < 4.78 is 51.7. The summed E-state index contributed by atoms with van der Waals surface area (Å²) >= 11 is 0. The van der Waals surface area contributed by atoms with Crippen molar-refractivity contribution in [2.75, 3.05) is 26.2 Å². The van der Waals surface area contributed by atoms with Crippen LogP contribution in [0.4, 0.5) is 17.6 Å². The van der Waals surface area contributed by atoms with Gasteiger partial charge in [-0.05, 0) is 31.0 Å². The zero-order valence-electron chi connectivity index (χ0n) is 15.1. The van der Waals surface area contributed by atoms with E-state index in [-0.39, 0.29) is 5.56 Å². The number of hydrogen-bond acceptors (Lipinski definition) is 3. The van der Waals surface area contributed by atoms with Gasteiger partial charge >= 0.3 is 6.18 Å². The van der Waals surface area contributed by atoms with Crippen LogP contribution >= 0.6 is 0 Å². The van der Waals surface area contributed by atoms with E-state index in [1.54, 1.807) is 6.20 Å². The zero-order valence-corrected chi connectivity index (χ0v) is 15.1. The molecule has 1 aromatic carbocycles. The predicted octanol–water partition coefficient (Wildman–Crippen LogP) is 4.49. The second-order valence-electron chi connectivity index (χ2n) is 7.24. The first-order chi connectivity index (χ1) is 12.8. The van der Waals surface area contributed by atoms with Crippen molar-refractivity contribution in [3.63, 3.8) is 0 Å². The third-order valence-electron chi connectivity index (χ3n) is 5.43. The number of allylic oxidation sites excluding steroid dienone is 1. The summed E-state index contributed by atoms with van der Waals surface area (Å²) in [5.41, 5.74) is -1.58. The Hall–Kier alpha value is -1.89. The molecule has 0 N–H and O–H groups in total. The predicted molar refractivity (Wildman–Crippen MR) is 94.9 cm³/mol. The first-order valence-corrected chi connectivity index (χ1v) is 9.42. The minimum Gasteiger partial charge on any atom is -0.375 e. The first kappa shape index (κ1) is 19.9. The summed E-state index contributed by atoms with van der Waals surface area (Å²) in [6, 6.07) is 3.00. The maximum absolute atomic E-state index is 13.3. The van der Waals surface area contributed by atoms with Crippen LogP contribution in [-0.2, 0) is 6.18 Å². The third kappa shape index (κ3) is 5.09. The average Bonchev–Trinajstić information content (AvgIpc) is 2.66. The highest BCUT2D eigenvalue weighted by atomic mass is 19.4. The topological polar surface area (TPSA) is 23.6 Å². The van der Waals surface area contributed by atoms with Gasteiger partial charge in [0.2, 0.25) is 0 Å². The average molecular weight is 384 g/mol. The van der Waals surface area contributed by atoms with Crippen molar-refractivity contribution in [3.8, 4) is 0 Å². The van der Waals surface area contributed by atoms with E-state index in [4.69, 9.17) is 0 Å². The van der Waals surface area contributed by atoms with E-state index in [1.165, 1.54) is 38.2 Å². The van der Waals surface area contributed by atoms with Gasteiger partial charge in [0.25, 0.3) is 0 Å². The number of piperazine rings is 1. The Kier molecular flexibility index (Phi) is 6.19. The van der Waals surface area contributed by atoms with Crippen LogP contribution in [0.15, 0.2) is 30.5 Å². The van der Waals surface area contributed by atoms with Gasteiger partial charge in [-0.15, -0.1) is 0 Å². The molecule has 1 aliphatic heterocycles. The highest BCUT2D eigenvalue weighted by molar-refractivity contribution is 6.04. The van der Waals surface area contributed by atoms with E-state index < -0.39 is 23.3 Å². The van der Waals surface area contributed by atoms with Crippen molar-refractivity contribution in [3.05, 3.63) is 47.4 Å². The lowest BCUT2D eigenvalue weighted by molar-refractivity contribution is -0.140. The highest BCUT2D eigenvalue weighted by Gasteiger charge is 2.34. The van der Waals surface area contributed by atoms with Crippen LogP contribution in [0.1, 0.15) is 48.0 Å². The van der Waals surface area contributed by atoms with Crippen molar-refractivity contribution in [1.29, 1.82) is 0 Å². The summed E-state index contributed by atoms with van der Waals surface area (Å²) in [6.07, 6.45) is 4.48. The number of alkyl halides is 3. The smallest absolute Gasteiger partial charge is 0.375 e. The van der Waals surface area contributed by atoms with E-state index in [1.807, 2.05) is 4.90 Å². The molecule has 0 amide bonds. The van der Waals surface area contributed by atoms with E-state index >= 15 is 0 Å². The SMILES string of the molecule is O=C(C=CN1CCN(C2CCCCC2)CC1)c1ccc(F)c(C(F)(F)F)c1. The van der Waals surface area contributed by atoms with Gasteiger partial charge in [-0.25, -0.2) is 4.39 Å². The van der Waals surface area contributed by atoms with Crippen LogP contribution in [0.2, 0.25) is 0 Å². The third-order valence-corrected chi connectivity index (χ3v) is 5.43. The van der Waals surface area contributed by atoms with E-state index in [9.17, 15) is 22.4 Å².